The molecule has 1 rings (SSSR count). The molecule has 0 aliphatic rings. The van der Waals surface area contributed by atoms with E-state index >= 15 is 0 Å². The number of nitrogens with zero attached hydrogens (tertiary/aromatic N) is 1. The number of halogens is 3. The Labute approximate surface area is 160 Å². The van der Waals surface area contributed by atoms with Crippen molar-refractivity contribution in [2.45, 2.75) is 20.3 Å². The van der Waals surface area contributed by atoms with Crippen LogP contribution < -0.4 is 5.32 Å². The van der Waals surface area contributed by atoms with Crippen LogP contribution in [0.5, 0.6) is 0 Å². The molecule has 1 aromatic rings. The third-order valence-electron chi connectivity index (χ3n) is 2.79. The normalized spacial score (nSPS) is 10.8. The number of rotatable bonds is 7. The van der Waals surface area contributed by atoms with Crippen LogP contribution >= 0.6 is 34.8 Å². The lowest BCUT2D eigenvalue weighted by Crippen LogP contribution is -2.10. The van der Waals surface area contributed by atoms with Gasteiger partial charge in [-0.2, -0.15) is 5.26 Å². The van der Waals surface area contributed by atoms with E-state index in [4.69, 9.17) is 49.5 Å². The van der Waals surface area contributed by atoms with Crippen LogP contribution in [0.3, 0.4) is 0 Å². The summed E-state index contributed by atoms with van der Waals surface area (Å²) in [5.41, 5.74) is -0.203. The summed E-state index contributed by atoms with van der Waals surface area (Å²) >= 11 is 18.2. The number of benzene rings is 1. The van der Waals surface area contributed by atoms with Gasteiger partial charge in [-0.25, -0.2) is 9.59 Å². The topological polar surface area (TPSA) is 88.4 Å². The van der Waals surface area contributed by atoms with Crippen molar-refractivity contribution in [2.24, 2.45) is 0 Å². The summed E-state index contributed by atoms with van der Waals surface area (Å²) in [6, 6.07) is 3.06. The zero-order valence-electron chi connectivity index (χ0n) is 13.5. The van der Waals surface area contributed by atoms with Gasteiger partial charge in [0.25, 0.3) is 0 Å². The van der Waals surface area contributed by atoms with Gasteiger partial charge in [-0.05, 0) is 19.4 Å². The number of hydrogen-bond donors (Lipinski definition) is 1. The van der Waals surface area contributed by atoms with E-state index in [1.807, 2.05) is 6.92 Å². The standard InChI is InChI=1S/C16H15Cl3N2O4/c1-3-5-25-16(23)12-13(18)10(17)6-11(14(12)19)21-8-9(7-20)15(22)24-4-2/h6,8,21H,3-5H2,1-2H3. The zero-order chi connectivity index (χ0) is 19.0. The molecular weight excluding hydrogens is 391 g/mol. The Bertz CT molecular complexity index is 742. The van der Waals surface area contributed by atoms with Crippen LogP contribution in [-0.4, -0.2) is 25.2 Å². The molecule has 0 aliphatic heterocycles. The molecule has 9 heteroatoms. The Hall–Kier alpha value is -1.94. The number of nitriles is 1. The summed E-state index contributed by atoms with van der Waals surface area (Å²) in [6.07, 6.45) is 1.73. The molecule has 0 atom stereocenters. The van der Waals surface area contributed by atoms with Crippen molar-refractivity contribution >= 4 is 52.4 Å². The maximum absolute atomic E-state index is 12.1. The van der Waals surface area contributed by atoms with Crippen LogP contribution in [0, 0.1) is 11.3 Å². The van der Waals surface area contributed by atoms with E-state index in [0.717, 1.165) is 6.20 Å². The molecule has 0 aromatic heterocycles. The highest BCUT2D eigenvalue weighted by Gasteiger charge is 2.22. The van der Waals surface area contributed by atoms with Gasteiger partial charge in [0.2, 0.25) is 0 Å². The lowest BCUT2D eigenvalue weighted by molar-refractivity contribution is -0.138. The lowest BCUT2D eigenvalue weighted by Gasteiger charge is -2.13. The van der Waals surface area contributed by atoms with Gasteiger partial charge in [0.05, 0.1) is 34.0 Å². The SMILES string of the molecule is CCCOC(=O)c1c(Cl)c(Cl)cc(NC=C(C#N)C(=O)OCC)c1Cl. The first-order valence-corrected chi connectivity index (χ1v) is 8.39. The molecule has 0 aliphatic carbocycles. The predicted molar refractivity (Wildman–Crippen MR) is 96.0 cm³/mol. The predicted octanol–water partition coefficient (Wildman–Crippen LogP) is 4.60. The molecule has 0 amide bonds. The van der Waals surface area contributed by atoms with Crippen molar-refractivity contribution < 1.29 is 19.1 Å². The zero-order valence-corrected chi connectivity index (χ0v) is 15.8. The minimum atomic E-state index is -0.795. The van der Waals surface area contributed by atoms with Gasteiger partial charge in [0.15, 0.2) is 5.57 Å². The average molecular weight is 406 g/mol. The van der Waals surface area contributed by atoms with Crippen molar-refractivity contribution in [3.05, 3.63) is 38.5 Å². The van der Waals surface area contributed by atoms with E-state index < -0.39 is 11.9 Å². The summed E-state index contributed by atoms with van der Waals surface area (Å²) < 4.78 is 9.77. The Kier molecular flexibility index (Phi) is 8.56. The Morgan fingerprint density at radius 3 is 2.48 bits per heavy atom. The lowest BCUT2D eigenvalue weighted by atomic mass is 10.2. The first-order valence-electron chi connectivity index (χ1n) is 7.25. The average Bonchev–Trinajstić information content (AvgIpc) is 2.58. The van der Waals surface area contributed by atoms with Gasteiger partial charge in [-0.3, -0.25) is 0 Å². The fourth-order valence-corrected chi connectivity index (χ4v) is 2.41. The van der Waals surface area contributed by atoms with Crippen molar-refractivity contribution in [2.75, 3.05) is 18.5 Å². The molecule has 25 heavy (non-hydrogen) atoms. The fourth-order valence-electron chi connectivity index (χ4n) is 1.65. The highest BCUT2D eigenvalue weighted by Crippen LogP contribution is 2.38. The van der Waals surface area contributed by atoms with Gasteiger partial charge in [0.1, 0.15) is 11.6 Å². The van der Waals surface area contributed by atoms with Crippen molar-refractivity contribution in [1.29, 1.82) is 5.26 Å². The number of ether oxygens (including phenoxy) is 2. The Balaban J connectivity index is 3.21. The number of hydrogen-bond acceptors (Lipinski definition) is 6. The monoisotopic (exact) mass is 404 g/mol. The molecule has 0 radical (unpaired) electrons. The minimum absolute atomic E-state index is 0.0480. The second-order valence-electron chi connectivity index (χ2n) is 4.58. The quantitative estimate of drug-likeness (QED) is 0.309. The van der Waals surface area contributed by atoms with E-state index in [1.54, 1.807) is 13.0 Å². The molecule has 1 N–H and O–H groups in total. The van der Waals surface area contributed by atoms with E-state index in [1.165, 1.54) is 6.07 Å². The van der Waals surface area contributed by atoms with E-state index in [9.17, 15) is 9.59 Å². The highest BCUT2D eigenvalue weighted by atomic mass is 35.5. The molecular formula is C16H15Cl3N2O4. The maximum atomic E-state index is 12.1. The third-order valence-corrected chi connectivity index (χ3v) is 3.97. The van der Waals surface area contributed by atoms with Gasteiger partial charge in [-0.1, -0.05) is 41.7 Å². The molecule has 0 spiro atoms. The Morgan fingerprint density at radius 2 is 1.92 bits per heavy atom. The molecule has 134 valence electrons. The second kappa shape index (κ2) is 10.1. The number of carbonyl (C=O) groups is 2. The van der Waals surface area contributed by atoms with Crippen LogP contribution in [-0.2, 0) is 14.3 Å². The van der Waals surface area contributed by atoms with E-state index in [0.29, 0.717) is 6.42 Å². The fraction of sp³-hybridized carbons (Fsp3) is 0.312. The Morgan fingerprint density at radius 1 is 1.24 bits per heavy atom. The molecule has 1 aromatic carbocycles. The smallest absolute Gasteiger partial charge is 0.350 e. The van der Waals surface area contributed by atoms with Crippen molar-refractivity contribution in [3.63, 3.8) is 0 Å². The van der Waals surface area contributed by atoms with Gasteiger partial charge in [0, 0.05) is 6.20 Å². The van der Waals surface area contributed by atoms with Crippen LogP contribution in [0.2, 0.25) is 15.1 Å². The largest absolute Gasteiger partial charge is 0.462 e. The van der Waals surface area contributed by atoms with Gasteiger partial charge >= 0.3 is 11.9 Å². The van der Waals surface area contributed by atoms with Gasteiger partial charge < -0.3 is 14.8 Å². The molecule has 0 saturated carbocycles. The summed E-state index contributed by atoms with van der Waals surface area (Å²) in [4.78, 5) is 23.7. The third kappa shape index (κ3) is 5.53. The van der Waals surface area contributed by atoms with Crippen molar-refractivity contribution in [3.8, 4) is 6.07 Å². The molecule has 0 fully saturated rings. The first kappa shape index (κ1) is 21.1. The molecule has 0 saturated heterocycles. The van der Waals surface area contributed by atoms with E-state index in [-0.39, 0.29) is 45.1 Å². The number of anilines is 1. The van der Waals surface area contributed by atoms with Crippen LogP contribution in [0.15, 0.2) is 17.8 Å². The molecule has 0 heterocycles. The summed E-state index contributed by atoms with van der Waals surface area (Å²) in [7, 11) is 0. The summed E-state index contributed by atoms with van der Waals surface area (Å²) in [6.45, 7) is 3.77. The van der Waals surface area contributed by atoms with Crippen LogP contribution in [0.4, 0.5) is 5.69 Å². The molecule has 0 bridgehead atoms. The maximum Gasteiger partial charge on any atom is 0.350 e. The number of esters is 2. The minimum Gasteiger partial charge on any atom is -0.462 e. The second-order valence-corrected chi connectivity index (χ2v) is 5.74. The highest BCUT2D eigenvalue weighted by molar-refractivity contribution is 6.47. The number of carbonyl (C=O) groups excluding carboxylic acids is 2. The number of nitrogens with one attached hydrogen (secondary N) is 1. The molecule has 0 unspecified atom stereocenters. The first-order chi connectivity index (χ1) is 11.9. The van der Waals surface area contributed by atoms with Crippen molar-refractivity contribution in [1.82, 2.24) is 0 Å². The van der Waals surface area contributed by atoms with Crippen LogP contribution in [0.1, 0.15) is 30.6 Å². The summed E-state index contributed by atoms with van der Waals surface area (Å²) in [5.74, 6) is -1.52. The summed E-state index contributed by atoms with van der Waals surface area (Å²) in [5, 5.41) is 11.6. The van der Waals surface area contributed by atoms with Crippen LogP contribution in [0.25, 0.3) is 0 Å². The molecule has 6 nitrogen and oxygen atoms in total. The van der Waals surface area contributed by atoms with Gasteiger partial charge in [-0.15, -0.1) is 0 Å². The van der Waals surface area contributed by atoms with E-state index in [2.05, 4.69) is 5.32 Å².